The fraction of sp³-hybridized carbons (Fsp3) is 0.571. The third-order valence-electron chi connectivity index (χ3n) is 2.80. The maximum Gasteiger partial charge on any atom is 0.122 e. The van der Waals surface area contributed by atoms with E-state index in [4.69, 9.17) is 10.5 Å². The Morgan fingerprint density at radius 3 is 2.56 bits per heavy atom. The van der Waals surface area contributed by atoms with Crippen molar-refractivity contribution >= 4 is 0 Å². The van der Waals surface area contributed by atoms with Crippen LogP contribution in [0.5, 0.6) is 5.75 Å². The highest BCUT2D eigenvalue weighted by atomic mass is 16.5. The Balaban J connectivity index is 2.71. The zero-order chi connectivity index (χ0) is 12.0. The molecule has 0 amide bonds. The highest BCUT2D eigenvalue weighted by Gasteiger charge is 2.06. The highest BCUT2D eigenvalue weighted by molar-refractivity contribution is 5.40. The minimum atomic E-state index is 0.208. The summed E-state index contributed by atoms with van der Waals surface area (Å²) in [6.45, 7) is 7.07. The quantitative estimate of drug-likeness (QED) is 0.801. The van der Waals surface area contributed by atoms with Gasteiger partial charge in [-0.3, -0.25) is 0 Å². The van der Waals surface area contributed by atoms with Crippen molar-refractivity contribution in [2.24, 2.45) is 5.73 Å². The lowest BCUT2D eigenvalue weighted by Gasteiger charge is -2.14. The van der Waals surface area contributed by atoms with Gasteiger partial charge in [-0.05, 0) is 43.4 Å². The summed E-state index contributed by atoms with van der Waals surface area (Å²) in [5.41, 5.74) is 8.44. The van der Waals surface area contributed by atoms with E-state index in [1.807, 2.05) is 6.92 Å². The van der Waals surface area contributed by atoms with Crippen LogP contribution in [0, 0.1) is 0 Å². The molecule has 90 valence electrons. The Morgan fingerprint density at radius 1 is 1.25 bits per heavy atom. The fourth-order valence-electron chi connectivity index (χ4n) is 1.83. The van der Waals surface area contributed by atoms with Crippen molar-refractivity contribution in [3.05, 3.63) is 29.3 Å². The number of rotatable bonds is 6. The second kappa shape index (κ2) is 6.54. The summed E-state index contributed by atoms with van der Waals surface area (Å²) in [6, 6.07) is 6.51. The monoisotopic (exact) mass is 221 g/mol. The molecule has 0 saturated heterocycles. The van der Waals surface area contributed by atoms with Crippen molar-refractivity contribution in [3.8, 4) is 5.75 Å². The molecule has 0 aromatic heterocycles. The normalized spacial score (nSPS) is 12.5. The van der Waals surface area contributed by atoms with E-state index in [-0.39, 0.29) is 6.04 Å². The Morgan fingerprint density at radius 2 is 2.00 bits per heavy atom. The molecule has 2 heteroatoms. The van der Waals surface area contributed by atoms with Crippen molar-refractivity contribution < 1.29 is 4.74 Å². The molecule has 1 unspecified atom stereocenters. The minimum Gasteiger partial charge on any atom is -0.493 e. The van der Waals surface area contributed by atoms with Crippen LogP contribution in [0.2, 0.25) is 0 Å². The molecule has 1 rings (SSSR count). The van der Waals surface area contributed by atoms with Crippen LogP contribution in [0.1, 0.15) is 38.3 Å². The largest absolute Gasteiger partial charge is 0.493 e. The van der Waals surface area contributed by atoms with E-state index < -0.39 is 0 Å². The molecule has 1 aromatic rings. The predicted molar refractivity (Wildman–Crippen MR) is 69.0 cm³/mol. The van der Waals surface area contributed by atoms with Crippen LogP contribution in [-0.2, 0) is 12.8 Å². The second-order valence-corrected chi connectivity index (χ2v) is 4.22. The van der Waals surface area contributed by atoms with Crippen molar-refractivity contribution in [1.29, 1.82) is 0 Å². The lowest BCUT2D eigenvalue weighted by molar-refractivity contribution is 0.298. The molecule has 0 spiro atoms. The molecule has 16 heavy (non-hydrogen) atoms. The third-order valence-corrected chi connectivity index (χ3v) is 2.80. The van der Waals surface area contributed by atoms with Gasteiger partial charge in [0, 0.05) is 6.04 Å². The lowest BCUT2D eigenvalue weighted by Crippen LogP contribution is -2.18. The molecule has 0 fully saturated rings. The van der Waals surface area contributed by atoms with Crippen molar-refractivity contribution in [2.45, 2.75) is 46.1 Å². The topological polar surface area (TPSA) is 35.2 Å². The van der Waals surface area contributed by atoms with E-state index in [0.29, 0.717) is 6.61 Å². The predicted octanol–water partition coefficient (Wildman–Crippen LogP) is 2.93. The van der Waals surface area contributed by atoms with Crippen LogP contribution < -0.4 is 10.5 Å². The Labute approximate surface area is 98.8 Å². The first-order valence-electron chi connectivity index (χ1n) is 6.18. The smallest absolute Gasteiger partial charge is 0.122 e. The zero-order valence-corrected chi connectivity index (χ0v) is 10.6. The molecular weight excluding hydrogens is 198 g/mol. The highest BCUT2D eigenvalue weighted by Crippen LogP contribution is 2.23. The standard InChI is InChI=1S/C14H23NO/c1-4-12-7-6-8-14(13(12)5-2)16-10-9-11(3)15/h6-8,11H,4-5,9-10,15H2,1-3H3. The van der Waals surface area contributed by atoms with E-state index in [1.54, 1.807) is 0 Å². The van der Waals surface area contributed by atoms with Gasteiger partial charge in [0.2, 0.25) is 0 Å². The number of nitrogens with two attached hydrogens (primary N) is 1. The molecule has 1 atom stereocenters. The molecule has 0 heterocycles. The van der Waals surface area contributed by atoms with E-state index in [1.165, 1.54) is 11.1 Å². The molecule has 0 bridgehead atoms. The molecular formula is C14H23NO. The summed E-state index contributed by atoms with van der Waals surface area (Å²) < 4.78 is 5.80. The molecule has 0 aliphatic rings. The number of benzene rings is 1. The first-order valence-corrected chi connectivity index (χ1v) is 6.18. The van der Waals surface area contributed by atoms with Gasteiger partial charge in [-0.15, -0.1) is 0 Å². The van der Waals surface area contributed by atoms with E-state index in [9.17, 15) is 0 Å². The average Bonchev–Trinajstić information content (AvgIpc) is 2.28. The van der Waals surface area contributed by atoms with Gasteiger partial charge in [-0.25, -0.2) is 0 Å². The summed E-state index contributed by atoms with van der Waals surface area (Å²) in [7, 11) is 0. The van der Waals surface area contributed by atoms with Crippen LogP contribution in [0.25, 0.3) is 0 Å². The van der Waals surface area contributed by atoms with Gasteiger partial charge in [0.25, 0.3) is 0 Å². The van der Waals surface area contributed by atoms with Crippen LogP contribution in [0.3, 0.4) is 0 Å². The maximum absolute atomic E-state index is 5.80. The summed E-state index contributed by atoms with van der Waals surface area (Å²) in [6.07, 6.45) is 2.99. The van der Waals surface area contributed by atoms with Gasteiger partial charge >= 0.3 is 0 Å². The van der Waals surface area contributed by atoms with Crippen LogP contribution >= 0.6 is 0 Å². The Kier molecular flexibility index (Phi) is 5.33. The number of hydrogen-bond donors (Lipinski definition) is 1. The minimum absolute atomic E-state index is 0.208. The van der Waals surface area contributed by atoms with Gasteiger partial charge in [0.15, 0.2) is 0 Å². The molecule has 0 aliphatic carbocycles. The van der Waals surface area contributed by atoms with Crippen molar-refractivity contribution in [1.82, 2.24) is 0 Å². The van der Waals surface area contributed by atoms with Gasteiger partial charge in [0.1, 0.15) is 5.75 Å². The summed E-state index contributed by atoms with van der Waals surface area (Å²) in [4.78, 5) is 0. The molecule has 0 aliphatic heterocycles. The van der Waals surface area contributed by atoms with Gasteiger partial charge in [-0.1, -0.05) is 26.0 Å². The molecule has 2 nitrogen and oxygen atoms in total. The summed E-state index contributed by atoms with van der Waals surface area (Å²) in [5.74, 6) is 1.03. The SMILES string of the molecule is CCc1cccc(OCCC(C)N)c1CC. The van der Waals surface area contributed by atoms with E-state index in [0.717, 1.165) is 25.0 Å². The fourth-order valence-corrected chi connectivity index (χ4v) is 1.83. The molecule has 1 aromatic carbocycles. The van der Waals surface area contributed by atoms with Crippen LogP contribution in [0.4, 0.5) is 0 Å². The van der Waals surface area contributed by atoms with Crippen molar-refractivity contribution in [3.63, 3.8) is 0 Å². The first kappa shape index (κ1) is 13.0. The van der Waals surface area contributed by atoms with E-state index in [2.05, 4.69) is 32.0 Å². The number of hydrogen-bond acceptors (Lipinski definition) is 2. The third kappa shape index (κ3) is 3.53. The van der Waals surface area contributed by atoms with Gasteiger partial charge < -0.3 is 10.5 Å². The van der Waals surface area contributed by atoms with Crippen molar-refractivity contribution in [2.75, 3.05) is 6.61 Å². The number of ether oxygens (including phenoxy) is 1. The molecule has 2 N–H and O–H groups in total. The van der Waals surface area contributed by atoms with Gasteiger partial charge in [-0.2, -0.15) is 0 Å². The second-order valence-electron chi connectivity index (χ2n) is 4.22. The Hall–Kier alpha value is -1.02. The molecule has 0 saturated carbocycles. The summed E-state index contributed by atoms with van der Waals surface area (Å²) >= 11 is 0. The number of aryl methyl sites for hydroxylation is 1. The van der Waals surface area contributed by atoms with Crippen LogP contribution in [0.15, 0.2) is 18.2 Å². The molecule has 0 radical (unpaired) electrons. The zero-order valence-electron chi connectivity index (χ0n) is 10.6. The maximum atomic E-state index is 5.80. The van der Waals surface area contributed by atoms with Gasteiger partial charge in [0.05, 0.1) is 6.61 Å². The first-order chi connectivity index (χ1) is 7.69. The Bertz CT molecular complexity index is 321. The average molecular weight is 221 g/mol. The summed E-state index contributed by atoms with van der Waals surface area (Å²) in [5, 5.41) is 0. The van der Waals surface area contributed by atoms with E-state index >= 15 is 0 Å². The van der Waals surface area contributed by atoms with Crippen LogP contribution in [-0.4, -0.2) is 12.6 Å². The lowest BCUT2D eigenvalue weighted by atomic mass is 10.0.